The van der Waals surface area contributed by atoms with Gasteiger partial charge in [0.25, 0.3) is 0 Å². The standard InChI is InChI=1S/C11H8F6/c1-9(2)6-3-5(10(12,13)14)4-7(8(6)9)11(15,16)17/h3-4H,1-2H3. The molecule has 0 amide bonds. The van der Waals surface area contributed by atoms with Gasteiger partial charge >= 0.3 is 12.4 Å². The Hall–Kier alpha value is -1.20. The summed E-state index contributed by atoms with van der Waals surface area (Å²) in [5.74, 6) is 0. The Balaban J connectivity index is 2.64. The fourth-order valence-electron chi connectivity index (χ4n) is 2.04. The van der Waals surface area contributed by atoms with Gasteiger partial charge < -0.3 is 0 Å². The summed E-state index contributed by atoms with van der Waals surface area (Å²) in [5.41, 5.74) is -3.23. The Morgan fingerprint density at radius 3 is 1.82 bits per heavy atom. The Morgan fingerprint density at radius 1 is 0.882 bits per heavy atom. The van der Waals surface area contributed by atoms with Crippen molar-refractivity contribution < 1.29 is 26.3 Å². The van der Waals surface area contributed by atoms with Crippen molar-refractivity contribution >= 4 is 0 Å². The van der Waals surface area contributed by atoms with Crippen LogP contribution in [0.15, 0.2) is 12.1 Å². The molecule has 0 spiro atoms. The minimum atomic E-state index is -4.76. The number of benzene rings is 1. The predicted octanol–water partition coefficient (Wildman–Crippen LogP) is 4.36. The molecule has 0 aromatic heterocycles. The van der Waals surface area contributed by atoms with Crippen molar-refractivity contribution in [3.63, 3.8) is 0 Å². The highest BCUT2D eigenvalue weighted by atomic mass is 19.4. The molecule has 0 saturated carbocycles. The summed E-state index contributed by atoms with van der Waals surface area (Å²) in [5, 5.41) is 0. The van der Waals surface area contributed by atoms with E-state index in [9.17, 15) is 26.3 Å². The zero-order valence-corrected chi connectivity index (χ0v) is 8.92. The molecule has 0 radical (unpaired) electrons. The summed E-state index contributed by atoms with van der Waals surface area (Å²) >= 11 is 0. The minimum absolute atomic E-state index is 0.0296. The molecule has 0 heterocycles. The third-order valence-corrected chi connectivity index (χ3v) is 3.01. The maximum Gasteiger partial charge on any atom is 0.416 e. The van der Waals surface area contributed by atoms with Crippen LogP contribution in [0.4, 0.5) is 26.3 Å². The lowest BCUT2D eigenvalue weighted by Crippen LogP contribution is -2.10. The van der Waals surface area contributed by atoms with E-state index in [0.717, 1.165) is 6.07 Å². The molecule has 0 N–H and O–H groups in total. The highest BCUT2D eigenvalue weighted by Gasteiger charge is 2.52. The molecule has 1 aliphatic carbocycles. The molecule has 1 aromatic rings. The molecule has 1 aliphatic rings. The molecule has 0 unspecified atom stereocenters. The SMILES string of the molecule is CC1(C)c2cc(C(F)(F)F)cc(C(F)(F)F)c21. The first-order valence-electron chi connectivity index (χ1n) is 4.79. The van der Waals surface area contributed by atoms with Crippen LogP contribution < -0.4 is 0 Å². The molecule has 1 aromatic carbocycles. The van der Waals surface area contributed by atoms with Gasteiger partial charge in [0, 0.05) is 5.41 Å². The van der Waals surface area contributed by atoms with Gasteiger partial charge in [-0.15, -0.1) is 0 Å². The van der Waals surface area contributed by atoms with Gasteiger partial charge in [-0.2, -0.15) is 26.3 Å². The van der Waals surface area contributed by atoms with Crippen LogP contribution in [0.1, 0.15) is 36.1 Å². The van der Waals surface area contributed by atoms with Crippen molar-refractivity contribution in [2.75, 3.05) is 0 Å². The number of halogens is 6. The highest BCUT2D eigenvalue weighted by Crippen LogP contribution is 2.56. The van der Waals surface area contributed by atoms with E-state index in [1.54, 1.807) is 0 Å². The molecule has 94 valence electrons. The Labute approximate surface area is 93.2 Å². The maximum absolute atomic E-state index is 12.6. The summed E-state index contributed by atoms with van der Waals surface area (Å²) in [6, 6.07) is 0.984. The van der Waals surface area contributed by atoms with E-state index in [-0.39, 0.29) is 17.2 Å². The lowest BCUT2D eigenvalue weighted by atomic mass is 10.1. The predicted molar refractivity (Wildman–Crippen MR) is 48.6 cm³/mol. The van der Waals surface area contributed by atoms with Gasteiger partial charge in [0.05, 0.1) is 11.1 Å². The summed E-state index contributed by atoms with van der Waals surface area (Å²) < 4.78 is 75.2. The molecular formula is C11H8F6. The monoisotopic (exact) mass is 254 g/mol. The Kier molecular flexibility index (Phi) is 2.14. The van der Waals surface area contributed by atoms with E-state index in [0.29, 0.717) is 0 Å². The van der Waals surface area contributed by atoms with Crippen LogP contribution in [0.3, 0.4) is 0 Å². The van der Waals surface area contributed by atoms with Gasteiger partial charge in [0.1, 0.15) is 0 Å². The van der Waals surface area contributed by atoms with Gasteiger partial charge in [-0.3, -0.25) is 0 Å². The van der Waals surface area contributed by atoms with E-state index in [2.05, 4.69) is 0 Å². The molecular weight excluding hydrogens is 246 g/mol. The van der Waals surface area contributed by atoms with Crippen LogP contribution in [-0.2, 0) is 17.8 Å². The fraction of sp³-hybridized carbons (Fsp3) is 0.455. The third-order valence-electron chi connectivity index (χ3n) is 3.01. The third kappa shape index (κ3) is 1.79. The quantitative estimate of drug-likeness (QED) is 0.603. The summed E-state index contributed by atoms with van der Waals surface area (Å²) in [7, 11) is 0. The number of rotatable bonds is 0. The lowest BCUT2D eigenvalue weighted by Gasteiger charge is -2.10. The molecule has 0 nitrogen and oxygen atoms in total. The van der Waals surface area contributed by atoms with Gasteiger partial charge in [0.2, 0.25) is 0 Å². The normalized spacial score (nSPS) is 17.9. The van der Waals surface area contributed by atoms with Crippen molar-refractivity contribution in [3.8, 4) is 0 Å². The molecule has 0 aliphatic heterocycles. The van der Waals surface area contributed by atoms with E-state index < -0.39 is 28.9 Å². The number of fused-ring (bicyclic) bond motifs is 1. The molecule has 17 heavy (non-hydrogen) atoms. The van der Waals surface area contributed by atoms with Crippen LogP contribution in [0.5, 0.6) is 0 Å². The topological polar surface area (TPSA) is 0 Å². The minimum Gasteiger partial charge on any atom is -0.166 e. The first-order valence-corrected chi connectivity index (χ1v) is 4.79. The lowest BCUT2D eigenvalue weighted by molar-refractivity contribution is -0.143. The van der Waals surface area contributed by atoms with E-state index >= 15 is 0 Å². The number of hydrogen-bond acceptors (Lipinski definition) is 0. The van der Waals surface area contributed by atoms with E-state index in [1.807, 2.05) is 0 Å². The molecule has 0 fully saturated rings. The van der Waals surface area contributed by atoms with Gasteiger partial charge in [-0.25, -0.2) is 0 Å². The molecule has 2 rings (SSSR count). The summed E-state index contributed by atoms with van der Waals surface area (Å²) in [4.78, 5) is 0. The van der Waals surface area contributed by atoms with Gasteiger partial charge in [0.15, 0.2) is 0 Å². The Bertz CT molecular complexity index is 478. The second-order valence-corrected chi connectivity index (χ2v) is 4.57. The van der Waals surface area contributed by atoms with E-state index in [4.69, 9.17) is 0 Å². The van der Waals surface area contributed by atoms with Crippen molar-refractivity contribution in [1.82, 2.24) is 0 Å². The van der Waals surface area contributed by atoms with Gasteiger partial charge in [-0.1, -0.05) is 13.8 Å². The van der Waals surface area contributed by atoms with Crippen molar-refractivity contribution in [2.45, 2.75) is 31.6 Å². The van der Waals surface area contributed by atoms with Gasteiger partial charge in [-0.05, 0) is 23.3 Å². The van der Waals surface area contributed by atoms with Crippen molar-refractivity contribution in [2.24, 2.45) is 0 Å². The van der Waals surface area contributed by atoms with Crippen LogP contribution >= 0.6 is 0 Å². The van der Waals surface area contributed by atoms with Crippen LogP contribution in [0.25, 0.3) is 0 Å². The second-order valence-electron chi connectivity index (χ2n) is 4.57. The largest absolute Gasteiger partial charge is 0.416 e. The summed E-state index contributed by atoms with van der Waals surface area (Å²) in [6.45, 7) is 2.96. The van der Waals surface area contributed by atoms with Crippen LogP contribution in [0.2, 0.25) is 0 Å². The second kappa shape index (κ2) is 2.97. The molecule has 0 atom stereocenters. The van der Waals surface area contributed by atoms with Crippen LogP contribution in [-0.4, -0.2) is 0 Å². The first-order chi connectivity index (χ1) is 7.45. The van der Waals surface area contributed by atoms with E-state index in [1.165, 1.54) is 13.8 Å². The molecule has 0 saturated heterocycles. The highest BCUT2D eigenvalue weighted by molar-refractivity contribution is 5.64. The maximum atomic E-state index is 12.6. The number of hydrogen-bond donors (Lipinski definition) is 0. The van der Waals surface area contributed by atoms with Crippen LogP contribution in [0, 0.1) is 0 Å². The Morgan fingerprint density at radius 2 is 1.41 bits per heavy atom. The zero-order chi connectivity index (χ0) is 13.2. The average molecular weight is 254 g/mol. The first kappa shape index (κ1) is 12.3. The molecule has 0 bridgehead atoms. The summed E-state index contributed by atoms with van der Waals surface area (Å²) in [6.07, 6.45) is -9.51. The van der Waals surface area contributed by atoms with Crippen molar-refractivity contribution in [1.29, 1.82) is 0 Å². The zero-order valence-electron chi connectivity index (χ0n) is 8.92. The van der Waals surface area contributed by atoms with Crippen molar-refractivity contribution in [3.05, 3.63) is 34.4 Å². The average Bonchev–Trinajstić information content (AvgIpc) is 2.65. The fourth-order valence-corrected chi connectivity index (χ4v) is 2.04. The molecule has 6 heteroatoms. The smallest absolute Gasteiger partial charge is 0.166 e. The number of alkyl halides is 6.